The molecule has 0 bridgehead atoms. The summed E-state index contributed by atoms with van der Waals surface area (Å²) in [5.41, 5.74) is -0.0154. The summed E-state index contributed by atoms with van der Waals surface area (Å²) in [6.45, 7) is 3.21. The molecular weight excluding hydrogens is 290 g/mol. The molecule has 0 amide bonds. The van der Waals surface area contributed by atoms with E-state index in [0.29, 0.717) is 23.3 Å². The van der Waals surface area contributed by atoms with Gasteiger partial charge in [0.15, 0.2) is 0 Å². The Morgan fingerprint density at radius 1 is 1.71 bits per heavy atom. The van der Waals surface area contributed by atoms with Gasteiger partial charge in [0.2, 0.25) is 0 Å². The largest absolute Gasteiger partial charge is 0.465 e. The zero-order chi connectivity index (χ0) is 17.9. The maximum atomic E-state index is 12.5. The van der Waals surface area contributed by atoms with Gasteiger partial charge >= 0.3 is 5.97 Å². The lowest BCUT2D eigenvalue weighted by molar-refractivity contribution is -0.146. The number of halogens is 1. The van der Waals surface area contributed by atoms with Crippen molar-refractivity contribution in [1.29, 1.82) is 0 Å². The van der Waals surface area contributed by atoms with E-state index in [-0.39, 0.29) is 23.4 Å². The summed E-state index contributed by atoms with van der Waals surface area (Å²) in [5.74, 6) is -0.117. The molecule has 1 fully saturated rings. The number of aromatic nitrogens is 3. The number of hydrogen-bond acceptors (Lipinski definition) is 4. The summed E-state index contributed by atoms with van der Waals surface area (Å²) < 4.78 is 29.9. The van der Waals surface area contributed by atoms with Crippen LogP contribution in [0.1, 0.15) is 41.5 Å². The number of carbonyl (C=O) groups excluding carboxylic acids is 1. The van der Waals surface area contributed by atoms with Gasteiger partial charge in [-0.1, -0.05) is 18.5 Å². The normalized spacial score (nSPS) is 27.0. The molecule has 112 valence electrons. The number of rotatable bonds is 3. The highest BCUT2D eigenvalue weighted by atomic mass is 35.5. The predicted octanol–water partition coefficient (Wildman–Crippen LogP) is 2.84. The first-order valence-corrected chi connectivity index (χ1v) is 7.24. The Morgan fingerprint density at radius 2 is 2.43 bits per heavy atom. The van der Waals surface area contributed by atoms with E-state index in [1.807, 2.05) is 6.92 Å². The fourth-order valence-corrected chi connectivity index (χ4v) is 3.13. The third-order valence-corrected chi connectivity index (χ3v) is 4.29. The summed E-state index contributed by atoms with van der Waals surface area (Å²) >= 11 is 6.05. The Bertz CT molecular complexity index is 833. The van der Waals surface area contributed by atoms with Crippen LogP contribution in [0.5, 0.6) is 0 Å². The van der Waals surface area contributed by atoms with Gasteiger partial charge in [-0.25, -0.2) is 9.50 Å². The van der Waals surface area contributed by atoms with Gasteiger partial charge in [-0.2, -0.15) is 5.10 Å². The fourth-order valence-electron chi connectivity index (χ4n) is 2.90. The standard InChI is InChI=1S/C15H18ClN3O2/c1-5-21-14(20)15(7-9(15)3)13-17-10(4)12-8(2)6-11(16)18-19(12)13/h6,9H,5,7H2,1-4H3/t9-,15+/m0/s1/i4D3. The molecule has 1 aliphatic carbocycles. The number of nitrogens with zero attached hydrogens (tertiary/aromatic N) is 3. The van der Waals surface area contributed by atoms with Crippen LogP contribution in [-0.4, -0.2) is 27.2 Å². The highest BCUT2D eigenvalue weighted by molar-refractivity contribution is 6.29. The Morgan fingerprint density at radius 3 is 3.00 bits per heavy atom. The van der Waals surface area contributed by atoms with Gasteiger partial charge in [0.05, 0.1) is 17.8 Å². The van der Waals surface area contributed by atoms with Crippen molar-refractivity contribution in [1.82, 2.24) is 14.6 Å². The molecule has 0 unspecified atom stereocenters. The molecule has 1 aliphatic rings. The van der Waals surface area contributed by atoms with Crippen LogP contribution in [0.25, 0.3) is 5.52 Å². The van der Waals surface area contributed by atoms with Crippen molar-refractivity contribution in [2.24, 2.45) is 5.92 Å². The molecule has 2 aromatic rings. The van der Waals surface area contributed by atoms with E-state index in [0.717, 1.165) is 0 Å². The van der Waals surface area contributed by atoms with Crippen LogP contribution < -0.4 is 0 Å². The molecule has 0 aliphatic heterocycles. The molecule has 5 nitrogen and oxygen atoms in total. The predicted molar refractivity (Wildman–Crippen MR) is 79.6 cm³/mol. The van der Waals surface area contributed by atoms with E-state index in [9.17, 15) is 4.79 Å². The van der Waals surface area contributed by atoms with Crippen molar-refractivity contribution in [2.45, 2.75) is 39.5 Å². The lowest BCUT2D eigenvalue weighted by atomic mass is 10.0. The molecule has 21 heavy (non-hydrogen) atoms. The van der Waals surface area contributed by atoms with Crippen LogP contribution in [0.3, 0.4) is 0 Å². The fraction of sp³-hybridized carbons (Fsp3) is 0.533. The SMILES string of the molecule is [2H]C([2H])([2H])c1nc([C@@]2(C(=O)OCC)C[C@@H]2C)n2nc(Cl)cc(C)c12. The smallest absolute Gasteiger partial charge is 0.320 e. The van der Waals surface area contributed by atoms with Crippen molar-refractivity contribution < 1.29 is 13.6 Å². The monoisotopic (exact) mass is 310 g/mol. The van der Waals surface area contributed by atoms with Crippen molar-refractivity contribution >= 4 is 23.1 Å². The minimum atomic E-state index is -2.42. The molecule has 0 saturated heterocycles. The summed E-state index contributed by atoms with van der Waals surface area (Å²) in [5, 5.41) is 4.43. The average molecular weight is 311 g/mol. The van der Waals surface area contributed by atoms with Crippen LogP contribution >= 0.6 is 11.6 Å². The molecule has 1 saturated carbocycles. The van der Waals surface area contributed by atoms with Gasteiger partial charge in [0.25, 0.3) is 0 Å². The molecule has 2 atom stereocenters. The molecular formula is C15H18ClN3O2. The number of aryl methyl sites for hydroxylation is 2. The van der Waals surface area contributed by atoms with Crippen molar-refractivity contribution in [3.63, 3.8) is 0 Å². The lowest BCUT2D eigenvalue weighted by Crippen LogP contribution is -2.28. The van der Waals surface area contributed by atoms with Crippen LogP contribution in [0.15, 0.2) is 6.07 Å². The molecule has 2 aromatic heterocycles. The number of ether oxygens (including phenoxy) is 1. The van der Waals surface area contributed by atoms with Crippen LogP contribution in [0.2, 0.25) is 5.15 Å². The molecule has 0 aromatic carbocycles. The first-order chi connectivity index (χ1) is 11.1. The quantitative estimate of drug-likeness (QED) is 0.818. The Labute approximate surface area is 132 Å². The van der Waals surface area contributed by atoms with Crippen molar-refractivity contribution in [3.05, 3.63) is 28.3 Å². The highest BCUT2D eigenvalue weighted by Crippen LogP contribution is 2.54. The Balaban J connectivity index is 2.32. The van der Waals surface area contributed by atoms with Gasteiger partial charge < -0.3 is 4.74 Å². The summed E-state index contributed by atoms with van der Waals surface area (Å²) in [4.78, 5) is 16.9. The number of hydrogen-bond donors (Lipinski definition) is 0. The molecule has 0 spiro atoms. The van der Waals surface area contributed by atoms with Crippen LogP contribution in [0, 0.1) is 19.7 Å². The number of fused-ring (bicyclic) bond motifs is 1. The maximum Gasteiger partial charge on any atom is 0.320 e. The first-order valence-electron chi connectivity index (χ1n) is 8.37. The van der Waals surface area contributed by atoms with Gasteiger partial charge in [-0.15, -0.1) is 0 Å². The molecule has 0 radical (unpaired) electrons. The first kappa shape index (κ1) is 11.0. The van der Waals surface area contributed by atoms with E-state index >= 15 is 0 Å². The van der Waals surface area contributed by atoms with Crippen LogP contribution in [-0.2, 0) is 14.9 Å². The van der Waals surface area contributed by atoms with Gasteiger partial charge in [0, 0.05) is 4.11 Å². The summed E-state index contributed by atoms with van der Waals surface area (Å²) in [7, 11) is 0. The van der Waals surface area contributed by atoms with E-state index in [4.69, 9.17) is 20.5 Å². The van der Waals surface area contributed by atoms with Gasteiger partial charge in [-0.3, -0.25) is 4.79 Å². The zero-order valence-corrected chi connectivity index (χ0v) is 12.9. The number of esters is 1. The number of carbonyl (C=O) groups is 1. The average Bonchev–Trinajstić information content (AvgIpc) is 2.96. The second kappa shape index (κ2) is 4.70. The molecule has 3 rings (SSSR count). The summed E-state index contributed by atoms with van der Waals surface area (Å²) in [6, 6.07) is 1.59. The maximum absolute atomic E-state index is 12.5. The van der Waals surface area contributed by atoms with E-state index in [2.05, 4.69) is 10.1 Å². The third-order valence-electron chi connectivity index (χ3n) is 4.11. The molecule has 0 N–H and O–H groups in total. The van der Waals surface area contributed by atoms with Crippen molar-refractivity contribution in [2.75, 3.05) is 6.61 Å². The molecule has 2 heterocycles. The topological polar surface area (TPSA) is 56.5 Å². The van der Waals surface area contributed by atoms with Gasteiger partial charge in [0.1, 0.15) is 16.4 Å². The Hall–Kier alpha value is -1.62. The second-order valence-electron chi connectivity index (χ2n) is 5.49. The lowest BCUT2D eigenvalue weighted by Gasteiger charge is -2.14. The molecule has 6 heteroatoms. The third kappa shape index (κ3) is 1.94. The van der Waals surface area contributed by atoms with E-state index in [1.165, 1.54) is 4.52 Å². The minimum Gasteiger partial charge on any atom is -0.465 e. The van der Waals surface area contributed by atoms with Crippen molar-refractivity contribution in [3.8, 4) is 0 Å². The van der Waals surface area contributed by atoms with Gasteiger partial charge in [-0.05, 0) is 44.7 Å². The van der Waals surface area contributed by atoms with Crippen LogP contribution in [0.4, 0.5) is 0 Å². The number of imidazole rings is 1. The second-order valence-corrected chi connectivity index (χ2v) is 5.88. The zero-order valence-electron chi connectivity index (χ0n) is 15.1. The highest BCUT2D eigenvalue weighted by Gasteiger charge is 2.63. The van der Waals surface area contributed by atoms with E-state index in [1.54, 1.807) is 19.9 Å². The van der Waals surface area contributed by atoms with E-state index < -0.39 is 18.2 Å². The summed E-state index contributed by atoms with van der Waals surface area (Å²) in [6.07, 6.45) is 0.540. The Kier molecular flexibility index (Phi) is 2.46. The minimum absolute atomic E-state index is 0.00677.